The zero-order valence-electron chi connectivity index (χ0n) is 18.0. The molecule has 0 spiro atoms. The first-order valence-corrected chi connectivity index (χ1v) is 11.5. The van der Waals surface area contributed by atoms with Crippen molar-refractivity contribution in [2.75, 3.05) is 33.2 Å². The predicted octanol–water partition coefficient (Wildman–Crippen LogP) is 1.44. The number of piperidine rings is 1. The molecular formula is C22H34N8. The van der Waals surface area contributed by atoms with Gasteiger partial charge in [-0.15, -0.1) is 0 Å². The van der Waals surface area contributed by atoms with Crippen molar-refractivity contribution in [3.8, 4) is 0 Å². The van der Waals surface area contributed by atoms with Gasteiger partial charge >= 0.3 is 0 Å². The average molecular weight is 411 g/mol. The lowest BCUT2D eigenvalue weighted by atomic mass is 9.90. The van der Waals surface area contributed by atoms with Gasteiger partial charge < -0.3 is 0 Å². The van der Waals surface area contributed by atoms with Crippen LogP contribution in [-0.2, 0) is 19.4 Å². The molecule has 8 heteroatoms. The lowest BCUT2D eigenvalue weighted by Gasteiger charge is -2.35. The SMILES string of the molecule is CN(Cc1n[nH]nc1CC1CCN(C2NCCN2)CC1)C1CCCc2cccnc21. The van der Waals surface area contributed by atoms with Gasteiger partial charge in [0, 0.05) is 38.9 Å². The van der Waals surface area contributed by atoms with Gasteiger partial charge in [0.25, 0.3) is 0 Å². The van der Waals surface area contributed by atoms with Crippen LogP contribution >= 0.6 is 0 Å². The lowest BCUT2D eigenvalue weighted by Crippen LogP contribution is -2.51. The van der Waals surface area contributed by atoms with Crippen LogP contribution in [0.25, 0.3) is 0 Å². The Bertz CT molecular complexity index is 822. The fourth-order valence-corrected chi connectivity index (χ4v) is 5.36. The van der Waals surface area contributed by atoms with Gasteiger partial charge in [-0.05, 0) is 63.1 Å². The van der Waals surface area contributed by atoms with Crippen LogP contribution in [0.5, 0.6) is 0 Å². The molecule has 2 aliphatic heterocycles. The zero-order chi connectivity index (χ0) is 20.3. The number of rotatable bonds is 6. The van der Waals surface area contributed by atoms with Crippen molar-refractivity contribution >= 4 is 0 Å². The fraction of sp³-hybridized carbons (Fsp3) is 0.682. The maximum absolute atomic E-state index is 4.71. The fourth-order valence-electron chi connectivity index (χ4n) is 5.36. The van der Waals surface area contributed by atoms with Crippen LogP contribution in [0.4, 0.5) is 0 Å². The summed E-state index contributed by atoms with van der Waals surface area (Å²) in [5, 5.41) is 19.0. The molecule has 5 rings (SSSR count). The Labute approximate surface area is 178 Å². The monoisotopic (exact) mass is 410 g/mol. The third-order valence-electron chi connectivity index (χ3n) is 7.10. The number of aromatic nitrogens is 4. The van der Waals surface area contributed by atoms with Crippen LogP contribution in [-0.4, -0.2) is 69.7 Å². The standard InChI is InChI=1S/C22H34N8/c1-29(20-6-2-4-17-5-3-9-23-21(17)20)15-19-18(26-28-27-19)14-16-7-12-30(13-8-16)22-24-10-11-25-22/h3,5,9,16,20,22,24-25H,2,4,6-8,10-15H2,1H3,(H,26,27,28). The Morgan fingerprint density at radius 3 is 2.73 bits per heavy atom. The summed E-state index contributed by atoms with van der Waals surface area (Å²) in [7, 11) is 2.20. The molecule has 2 aromatic rings. The van der Waals surface area contributed by atoms with Crippen LogP contribution in [0.1, 0.15) is 54.4 Å². The molecule has 1 unspecified atom stereocenters. The van der Waals surface area contributed by atoms with Gasteiger partial charge in [0.2, 0.25) is 0 Å². The molecule has 162 valence electrons. The normalized spacial score (nSPS) is 23.9. The third kappa shape index (κ3) is 4.27. The van der Waals surface area contributed by atoms with Crippen LogP contribution in [0.2, 0.25) is 0 Å². The molecule has 0 amide bonds. The van der Waals surface area contributed by atoms with Gasteiger partial charge in [-0.2, -0.15) is 15.4 Å². The number of hydrogen-bond acceptors (Lipinski definition) is 7. The van der Waals surface area contributed by atoms with E-state index >= 15 is 0 Å². The first kappa shape index (κ1) is 20.1. The summed E-state index contributed by atoms with van der Waals surface area (Å²) in [5.74, 6) is 0.689. The number of likely N-dealkylation sites (tertiary alicyclic amines) is 1. The quantitative estimate of drug-likeness (QED) is 0.664. The van der Waals surface area contributed by atoms with Gasteiger partial charge in [-0.3, -0.25) is 25.4 Å². The number of aryl methyl sites for hydroxylation is 1. The van der Waals surface area contributed by atoms with Crippen molar-refractivity contribution in [3.63, 3.8) is 0 Å². The molecule has 0 bridgehead atoms. The van der Waals surface area contributed by atoms with Gasteiger partial charge in [0.05, 0.1) is 23.1 Å². The summed E-state index contributed by atoms with van der Waals surface area (Å²) in [6.45, 7) is 5.25. The molecule has 0 aromatic carbocycles. The highest BCUT2D eigenvalue weighted by molar-refractivity contribution is 5.25. The van der Waals surface area contributed by atoms with Crippen molar-refractivity contribution in [1.82, 2.24) is 40.8 Å². The molecular weight excluding hydrogens is 376 g/mol. The largest absolute Gasteiger partial charge is 0.292 e. The van der Waals surface area contributed by atoms with E-state index in [-0.39, 0.29) is 0 Å². The van der Waals surface area contributed by atoms with E-state index in [2.05, 4.69) is 55.0 Å². The Hall–Kier alpha value is -1.87. The van der Waals surface area contributed by atoms with E-state index in [1.165, 1.54) is 30.5 Å². The van der Waals surface area contributed by atoms with E-state index < -0.39 is 0 Å². The topological polar surface area (TPSA) is 85.0 Å². The summed E-state index contributed by atoms with van der Waals surface area (Å²) < 4.78 is 0. The van der Waals surface area contributed by atoms with Crippen molar-refractivity contribution in [1.29, 1.82) is 0 Å². The smallest absolute Gasteiger partial charge is 0.114 e. The molecule has 2 aromatic heterocycles. The molecule has 1 atom stereocenters. The molecule has 0 radical (unpaired) electrons. The zero-order valence-corrected chi connectivity index (χ0v) is 18.0. The highest BCUT2D eigenvalue weighted by atomic mass is 15.4. The van der Waals surface area contributed by atoms with Gasteiger partial charge in [0.15, 0.2) is 0 Å². The van der Waals surface area contributed by atoms with Crippen molar-refractivity contribution in [3.05, 3.63) is 41.0 Å². The second-order valence-electron chi connectivity index (χ2n) is 9.08. The molecule has 2 saturated heterocycles. The second kappa shape index (κ2) is 9.09. The first-order chi connectivity index (χ1) is 14.8. The van der Waals surface area contributed by atoms with Crippen molar-refractivity contribution in [2.45, 2.75) is 57.4 Å². The molecule has 3 N–H and O–H groups in total. The number of hydrogen-bond donors (Lipinski definition) is 3. The lowest BCUT2D eigenvalue weighted by molar-refractivity contribution is 0.110. The first-order valence-electron chi connectivity index (χ1n) is 11.5. The molecule has 8 nitrogen and oxygen atoms in total. The summed E-state index contributed by atoms with van der Waals surface area (Å²) >= 11 is 0. The van der Waals surface area contributed by atoms with E-state index in [0.29, 0.717) is 18.2 Å². The predicted molar refractivity (Wildman–Crippen MR) is 116 cm³/mol. The minimum Gasteiger partial charge on any atom is -0.292 e. The number of pyridine rings is 1. The summed E-state index contributed by atoms with van der Waals surface area (Å²) in [4.78, 5) is 9.65. The number of fused-ring (bicyclic) bond motifs is 1. The van der Waals surface area contributed by atoms with E-state index in [1.807, 2.05) is 6.20 Å². The molecule has 4 heterocycles. The number of H-pyrrole nitrogens is 1. The molecule has 30 heavy (non-hydrogen) atoms. The second-order valence-corrected chi connectivity index (χ2v) is 9.08. The Balaban J connectivity index is 1.19. The Kier molecular flexibility index (Phi) is 6.08. The number of aromatic amines is 1. The Morgan fingerprint density at radius 2 is 1.90 bits per heavy atom. The highest BCUT2D eigenvalue weighted by Gasteiger charge is 2.29. The molecule has 1 aliphatic carbocycles. The molecule has 0 saturated carbocycles. The van der Waals surface area contributed by atoms with Crippen molar-refractivity contribution < 1.29 is 0 Å². The maximum atomic E-state index is 4.71. The number of nitrogens with one attached hydrogen (secondary N) is 3. The van der Waals surface area contributed by atoms with E-state index in [9.17, 15) is 0 Å². The van der Waals surface area contributed by atoms with E-state index in [0.717, 1.165) is 63.4 Å². The summed E-state index contributed by atoms with van der Waals surface area (Å²) in [5.41, 5.74) is 4.90. The Morgan fingerprint density at radius 1 is 1.10 bits per heavy atom. The van der Waals surface area contributed by atoms with E-state index in [1.54, 1.807) is 0 Å². The molecule has 2 fully saturated rings. The third-order valence-corrected chi connectivity index (χ3v) is 7.10. The van der Waals surface area contributed by atoms with Crippen molar-refractivity contribution in [2.24, 2.45) is 5.92 Å². The number of nitrogens with zero attached hydrogens (tertiary/aromatic N) is 5. The highest BCUT2D eigenvalue weighted by Crippen LogP contribution is 2.33. The summed E-state index contributed by atoms with van der Waals surface area (Å²) in [6.07, 6.45) is 9.30. The van der Waals surface area contributed by atoms with Crippen LogP contribution in [0.3, 0.4) is 0 Å². The van der Waals surface area contributed by atoms with Gasteiger partial charge in [0.1, 0.15) is 6.29 Å². The van der Waals surface area contributed by atoms with Crippen LogP contribution in [0, 0.1) is 5.92 Å². The summed E-state index contributed by atoms with van der Waals surface area (Å²) in [6, 6.07) is 4.66. The minimum atomic E-state index is 0.370. The van der Waals surface area contributed by atoms with Gasteiger partial charge in [-0.1, -0.05) is 6.07 Å². The maximum Gasteiger partial charge on any atom is 0.114 e. The minimum absolute atomic E-state index is 0.370. The average Bonchev–Trinajstić information content (AvgIpc) is 3.47. The van der Waals surface area contributed by atoms with E-state index in [4.69, 9.17) is 4.98 Å². The van der Waals surface area contributed by atoms with Crippen LogP contribution in [0.15, 0.2) is 18.3 Å². The van der Waals surface area contributed by atoms with Crippen LogP contribution < -0.4 is 10.6 Å². The van der Waals surface area contributed by atoms with Gasteiger partial charge in [-0.25, -0.2) is 0 Å². The molecule has 3 aliphatic rings.